The second-order valence-corrected chi connectivity index (χ2v) is 6.38. The van der Waals surface area contributed by atoms with Gasteiger partial charge in [0.05, 0.1) is 13.3 Å². The largest absolute Gasteiger partial charge is 0.496 e. The number of nitrogens with one attached hydrogen (secondary N) is 2. The summed E-state index contributed by atoms with van der Waals surface area (Å²) in [5.74, 6) is -1.10. The minimum absolute atomic E-state index is 0.502. The Kier molecular flexibility index (Phi) is 6.51. The van der Waals surface area contributed by atoms with Gasteiger partial charge >= 0.3 is 11.8 Å². The number of rotatable bonds is 4. The zero-order chi connectivity index (χ0) is 17.5. The molecule has 0 saturated heterocycles. The van der Waals surface area contributed by atoms with Gasteiger partial charge in [0.15, 0.2) is 0 Å². The van der Waals surface area contributed by atoms with Crippen LogP contribution in [-0.4, -0.2) is 25.1 Å². The maximum Gasteiger partial charge on any atom is 0.329 e. The van der Waals surface area contributed by atoms with Gasteiger partial charge in [-0.05, 0) is 36.4 Å². The fourth-order valence-electron chi connectivity index (χ4n) is 1.77. The lowest BCUT2D eigenvalue weighted by molar-refractivity contribution is -0.136. The molecule has 0 bridgehead atoms. The first-order valence-electron chi connectivity index (χ1n) is 6.73. The molecule has 2 N–H and O–H groups in total. The number of hydrogen-bond donors (Lipinski definition) is 2. The number of hydrogen-bond acceptors (Lipinski definition) is 4. The van der Waals surface area contributed by atoms with Gasteiger partial charge in [-0.1, -0.05) is 37.9 Å². The highest BCUT2D eigenvalue weighted by molar-refractivity contribution is 9.10. The fourth-order valence-corrected chi connectivity index (χ4v) is 2.55. The predicted octanol–water partition coefficient (Wildman–Crippen LogP) is 3.31. The summed E-state index contributed by atoms with van der Waals surface area (Å²) >= 11 is 6.63. The van der Waals surface area contributed by atoms with Gasteiger partial charge < -0.3 is 10.1 Å². The Labute approximate surface area is 155 Å². The first kappa shape index (κ1) is 18.2. The van der Waals surface area contributed by atoms with Gasteiger partial charge in [0.1, 0.15) is 5.75 Å². The molecule has 124 valence electrons. The van der Waals surface area contributed by atoms with E-state index in [9.17, 15) is 9.59 Å². The Morgan fingerprint density at radius 1 is 1.08 bits per heavy atom. The van der Waals surface area contributed by atoms with E-state index in [0.29, 0.717) is 17.0 Å². The molecule has 24 heavy (non-hydrogen) atoms. The fraction of sp³-hybridized carbons (Fsp3) is 0.0625. The van der Waals surface area contributed by atoms with Crippen LogP contribution in [0.5, 0.6) is 5.75 Å². The Bertz CT molecular complexity index is 794. The molecule has 0 spiro atoms. The lowest BCUT2D eigenvalue weighted by atomic mass is 10.2. The van der Waals surface area contributed by atoms with Crippen LogP contribution in [0.2, 0.25) is 0 Å². The van der Waals surface area contributed by atoms with Crippen LogP contribution in [0.25, 0.3) is 0 Å². The predicted molar refractivity (Wildman–Crippen MR) is 99.2 cm³/mol. The van der Waals surface area contributed by atoms with Crippen LogP contribution in [0.3, 0.4) is 0 Å². The summed E-state index contributed by atoms with van der Waals surface area (Å²) in [6.07, 6.45) is 1.40. The average molecular weight is 455 g/mol. The van der Waals surface area contributed by atoms with Crippen molar-refractivity contribution < 1.29 is 14.3 Å². The molecule has 0 aliphatic heterocycles. The van der Waals surface area contributed by atoms with Crippen LogP contribution in [0.1, 0.15) is 5.56 Å². The zero-order valence-corrected chi connectivity index (χ0v) is 15.7. The summed E-state index contributed by atoms with van der Waals surface area (Å²) in [6, 6.07) is 12.3. The number of hydrazone groups is 1. The Hall–Kier alpha value is -2.19. The molecule has 6 nitrogen and oxygen atoms in total. The maximum atomic E-state index is 11.8. The number of methoxy groups -OCH3 is 1. The Morgan fingerprint density at radius 2 is 1.83 bits per heavy atom. The molecule has 2 rings (SSSR count). The van der Waals surface area contributed by atoms with Crippen LogP contribution < -0.4 is 15.5 Å². The van der Waals surface area contributed by atoms with Crippen LogP contribution in [-0.2, 0) is 9.59 Å². The van der Waals surface area contributed by atoms with Gasteiger partial charge in [-0.15, -0.1) is 0 Å². The summed E-state index contributed by atoms with van der Waals surface area (Å²) in [6.45, 7) is 0. The average Bonchev–Trinajstić information content (AvgIpc) is 2.55. The van der Waals surface area contributed by atoms with Crippen LogP contribution in [0, 0.1) is 0 Å². The zero-order valence-electron chi connectivity index (χ0n) is 12.5. The number of carbonyl (C=O) groups excluding carboxylic acids is 2. The number of amides is 2. The normalized spacial score (nSPS) is 10.5. The third kappa shape index (κ3) is 5.17. The molecule has 2 amide bonds. The standard InChI is InChI=1S/C16H13Br2N3O3/c1-24-14-6-5-12(18)7-10(14)9-19-21-16(23)15(22)20-13-4-2-3-11(17)8-13/h2-9H,1H3,(H,20,22)(H,21,23)/b19-9-. The van der Waals surface area contributed by atoms with Gasteiger partial charge in [-0.3, -0.25) is 9.59 Å². The van der Waals surface area contributed by atoms with Crippen molar-refractivity contribution in [2.75, 3.05) is 12.4 Å². The molecular weight excluding hydrogens is 442 g/mol. The molecule has 0 aliphatic rings. The molecule has 0 heterocycles. The first-order valence-corrected chi connectivity index (χ1v) is 8.31. The number of nitrogens with zero attached hydrogens (tertiary/aromatic N) is 1. The summed E-state index contributed by atoms with van der Waals surface area (Å²) in [4.78, 5) is 23.6. The van der Waals surface area contributed by atoms with Crippen molar-refractivity contribution in [2.24, 2.45) is 5.10 Å². The summed E-state index contributed by atoms with van der Waals surface area (Å²) in [5.41, 5.74) is 3.33. The minimum Gasteiger partial charge on any atom is -0.496 e. The molecule has 0 atom stereocenters. The molecule has 2 aromatic carbocycles. The molecule has 8 heteroatoms. The van der Waals surface area contributed by atoms with E-state index in [0.717, 1.165) is 8.95 Å². The first-order chi connectivity index (χ1) is 11.5. The van der Waals surface area contributed by atoms with E-state index in [-0.39, 0.29) is 0 Å². The number of anilines is 1. The van der Waals surface area contributed by atoms with Crippen molar-refractivity contribution >= 4 is 55.6 Å². The number of halogens is 2. The van der Waals surface area contributed by atoms with Gasteiger partial charge in [-0.25, -0.2) is 5.43 Å². The summed E-state index contributed by atoms with van der Waals surface area (Å²) in [7, 11) is 1.53. The van der Waals surface area contributed by atoms with Crippen LogP contribution in [0.15, 0.2) is 56.5 Å². The molecule has 0 radical (unpaired) electrons. The quantitative estimate of drug-likeness (QED) is 0.422. The van der Waals surface area contributed by atoms with Crippen molar-refractivity contribution in [1.29, 1.82) is 0 Å². The molecule has 0 saturated carbocycles. The van der Waals surface area contributed by atoms with E-state index >= 15 is 0 Å². The van der Waals surface area contributed by atoms with Crippen molar-refractivity contribution in [2.45, 2.75) is 0 Å². The number of ether oxygens (including phenoxy) is 1. The Morgan fingerprint density at radius 3 is 2.54 bits per heavy atom. The van der Waals surface area contributed by atoms with E-state index in [4.69, 9.17) is 4.74 Å². The molecule has 0 unspecified atom stereocenters. The van der Waals surface area contributed by atoms with Crippen LogP contribution >= 0.6 is 31.9 Å². The van der Waals surface area contributed by atoms with E-state index < -0.39 is 11.8 Å². The van der Waals surface area contributed by atoms with E-state index in [1.165, 1.54) is 13.3 Å². The van der Waals surface area contributed by atoms with Gasteiger partial charge in [-0.2, -0.15) is 5.10 Å². The monoisotopic (exact) mass is 453 g/mol. The SMILES string of the molecule is COc1ccc(Br)cc1/C=N\NC(=O)C(=O)Nc1cccc(Br)c1. The third-order valence-electron chi connectivity index (χ3n) is 2.85. The summed E-state index contributed by atoms with van der Waals surface area (Å²) in [5, 5.41) is 6.25. The van der Waals surface area contributed by atoms with E-state index in [1.807, 2.05) is 12.1 Å². The highest BCUT2D eigenvalue weighted by Crippen LogP contribution is 2.21. The maximum absolute atomic E-state index is 11.8. The molecule has 2 aromatic rings. The Balaban J connectivity index is 1.97. The van der Waals surface area contributed by atoms with Crippen molar-refractivity contribution in [3.8, 4) is 5.75 Å². The van der Waals surface area contributed by atoms with Gasteiger partial charge in [0.2, 0.25) is 0 Å². The number of benzene rings is 2. The second kappa shape index (κ2) is 8.60. The van der Waals surface area contributed by atoms with Crippen molar-refractivity contribution in [3.63, 3.8) is 0 Å². The minimum atomic E-state index is -0.875. The topological polar surface area (TPSA) is 79.8 Å². The van der Waals surface area contributed by atoms with Crippen LogP contribution in [0.4, 0.5) is 5.69 Å². The molecule has 0 fully saturated rings. The lowest BCUT2D eigenvalue weighted by Gasteiger charge is -2.05. The highest BCUT2D eigenvalue weighted by Gasteiger charge is 2.13. The highest BCUT2D eigenvalue weighted by atomic mass is 79.9. The lowest BCUT2D eigenvalue weighted by Crippen LogP contribution is -2.32. The van der Waals surface area contributed by atoms with Gasteiger partial charge in [0, 0.05) is 20.2 Å². The smallest absolute Gasteiger partial charge is 0.329 e. The van der Waals surface area contributed by atoms with Gasteiger partial charge in [0.25, 0.3) is 0 Å². The molecular formula is C16H13Br2N3O3. The molecule has 0 aliphatic carbocycles. The summed E-state index contributed by atoms with van der Waals surface area (Å²) < 4.78 is 6.82. The van der Waals surface area contributed by atoms with E-state index in [1.54, 1.807) is 30.3 Å². The van der Waals surface area contributed by atoms with Crippen molar-refractivity contribution in [3.05, 3.63) is 57.0 Å². The number of carbonyl (C=O) groups is 2. The second-order valence-electron chi connectivity index (χ2n) is 4.55. The molecule has 0 aromatic heterocycles. The van der Waals surface area contributed by atoms with E-state index in [2.05, 4.69) is 47.7 Å². The third-order valence-corrected chi connectivity index (χ3v) is 3.84. The van der Waals surface area contributed by atoms with Crippen molar-refractivity contribution in [1.82, 2.24) is 5.43 Å².